The number of ether oxygens (including phenoxy) is 2. The Hall–Kier alpha value is -1.64. The lowest BCUT2D eigenvalue weighted by Gasteiger charge is -2.12. The third-order valence-corrected chi connectivity index (χ3v) is 3.85. The Labute approximate surface area is 136 Å². The Balaban J connectivity index is 1.80. The Kier molecular flexibility index (Phi) is 6.17. The van der Waals surface area contributed by atoms with Gasteiger partial charge in [0.05, 0.1) is 10.6 Å². The quantitative estimate of drug-likeness (QED) is 0.388. The van der Waals surface area contributed by atoms with E-state index in [2.05, 4.69) is 21.2 Å². The molecule has 2 amide bonds. The molecule has 0 aliphatic carbocycles. The number of halogens is 1. The zero-order valence-electron chi connectivity index (χ0n) is 11.9. The van der Waals surface area contributed by atoms with Crippen LogP contribution in [-0.2, 0) is 9.53 Å². The van der Waals surface area contributed by atoms with Crippen LogP contribution in [0.3, 0.4) is 0 Å². The van der Waals surface area contributed by atoms with E-state index in [1.165, 1.54) is 0 Å². The minimum Gasteiger partial charge on any atom is -0.483 e. The molecule has 0 spiro atoms. The third kappa shape index (κ3) is 4.69. The molecule has 0 aromatic heterocycles. The lowest BCUT2D eigenvalue weighted by molar-refractivity contribution is -0.123. The van der Waals surface area contributed by atoms with Crippen molar-refractivity contribution in [3.63, 3.8) is 0 Å². The molecule has 7 nitrogen and oxygen atoms in total. The molecule has 0 radical (unpaired) electrons. The molecular weight excluding hydrogens is 354 g/mol. The number of rotatable bonds is 6. The molecule has 1 heterocycles. The summed E-state index contributed by atoms with van der Waals surface area (Å²) in [4.78, 5) is 23.1. The molecule has 1 aliphatic rings. The first-order valence-electron chi connectivity index (χ1n) is 6.91. The minimum atomic E-state index is -0.401. The molecule has 1 atom stereocenters. The van der Waals surface area contributed by atoms with E-state index in [4.69, 9.17) is 15.3 Å². The number of amides is 2. The first-order valence-corrected chi connectivity index (χ1v) is 7.71. The van der Waals surface area contributed by atoms with Gasteiger partial charge in [-0.05, 0) is 47.0 Å². The number of nitrogen functional groups attached to an aromatic ring is 1. The van der Waals surface area contributed by atoms with Crippen molar-refractivity contribution in [3.05, 3.63) is 28.2 Å². The van der Waals surface area contributed by atoms with Crippen molar-refractivity contribution >= 4 is 27.7 Å². The summed E-state index contributed by atoms with van der Waals surface area (Å²) in [7, 11) is 0. The van der Waals surface area contributed by atoms with Crippen LogP contribution in [0, 0.1) is 0 Å². The summed E-state index contributed by atoms with van der Waals surface area (Å²) < 4.78 is 11.4. The van der Waals surface area contributed by atoms with E-state index in [0.717, 1.165) is 19.4 Å². The van der Waals surface area contributed by atoms with Crippen molar-refractivity contribution in [3.8, 4) is 5.75 Å². The summed E-state index contributed by atoms with van der Waals surface area (Å²) in [6, 6.07) is 4.73. The van der Waals surface area contributed by atoms with Crippen LogP contribution < -0.4 is 21.3 Å². The Morgan fingerprint density at radius 3 is 2.91 bits per heavy atom. The van der Waals surface area contributed by atoms with E-state index in [0.29, 0.717) is 22.3 Å². The van der Waals surface area contributed by atoms with Gasteiger partial charge in [0.25, 0.3) is 11.8 Å². The fourth-order valence-corrected chi connectivity index (χ4v) is 2.56. The van der Waals surface area contributed by atoms with Crippen molar-refractivity contribution in [1.29, 1.82) is 0 Å². The molecule has 1 aromatic carbocycles. The summed E-state index contributed by atoms with van der Waals surface area (Å²) in [5, 5.41) is 2.77. The van der Waals surface area contributed by atoms with Crippen LogP contribution in [0.4, 0.5) is 0 Å². The number of carbonyl (C=O) groups excluding carboxylic acids is 2. The lowest BCUT2D eigenvalue weighted by atomic mass is 10.2. The van der Waals surface area contributed by atoms with Crippen molar-refractivity contribution in [2.24, 2.45) is 5.84 Å². The van der Waals surface area contributed by atoms with Gasteiger partial charge < -0.3 is 14.8 Å². The number of hydrazine groups is 1. The van der Waals surface area contributed by atoms with Crippen LogP contribution >= 0.6 is 15.9 Å². The van der Waals surface area contributed by atoms with Gasteiger partial charge in [-0.15, -0.1) is 0 Å². The zero-order valence-corrected chi connectivity index (χ0v) is 13.5. The average molecular weight is 372 g/mol. The minimum absolute atomic E-state index is 0.102. The van der Waals surface area contributed by atoms with Gasteiger partial charge in [0.15, 0.2) is 6.61 Å². The molecule has 120 valence electrons. The monoisotopic (exact) mass is 371 g/mol. The lowest BCUT2D eigenvalue weighted by Crippen LogP contribution is -2.35. The average Bonchev–Trinajstić information content (AvgIpc) is 3.04. The van der Waals surface area contributed by atoms with Gasteiger partial charge in [-0.3, -0.25) is 15.0 Å². The Morgan fingerprint density at radius 2 is 2.27 bits per heavy atom. The van der Waals surface area contributed by atoms with E-state index in [1.807, 2.05) is 5.43 Å². The molecular formula is C14H18BrN3O4. The Bertz CT molecular complexity index is 547. The first-order chi connectivity index (χ1) is 10.6. The molecule has 1 unspecified atom stereocenters. The van der Waals surface area contributed by atoms with Gasteiger partial charge in [0.2, 0.25) is 0 Å². The Morgan fingerprint density at radius 1 is 1.45 bits per heavy atom. The highest BCUT2D eigenvalue weighted by Gasteiger charge is 2.16. The normalized spacial score (nSPS) is 17.1. The molecule has 8 heteroatoms. The van der Waals surface area contributed by atoms with Gasteiger partial charge in [-0.25, -0.2) is 5.84 Å². The molecule has 1 aromatic rings. The molecule has 4 N–H and O–H groups in total. The molecule has 1 fully saturated rings. The van der Waals surface area contributed by atoms with E-state index in [-0.39, 0.29) is 18.6 Å². The SMILES string of the molecule is NNC(=O)c1ccc(OCC(=O)NCC2CCCO2)c(Br)c1. The largest absolute Gasteiger partial charge is 0.483 e. The maximum Gasteiger partial charge on any atom is 0.265 e. The van der Waals surface area contributed by atoms with E-state index < -0.39 is 5.91 Å². The number of benzene rings is 1. The molecule has 0 bridgehead atoms. The number of nitrogens with two attached hydrogens (primary N) is 1. The maximum absolute atomic E-state index is 11.7. The van der Waals surface area contributed by atoms with Gasteiger partial charge in [-0.2, -0.15) is 0 Å². The van der Waals surface area contributed by atoms with Crippen LogP contribution in [0.25, 0.3) is 0 Å². The molecule has 22 heavy (non-hydrogen) atoms. The van der Waals surface area contributed by atoms with E-state index in [1.54, 1.807) is 18.2 Å². The van der Waals surface area contributed by atoms with Crippen molar-refractivity contribution in [1.82, 2.24) is 10.7 Å². The number of hydrogen-bond acceptors (Lipinski definition) is 5. The van der Waals surface area contributed by atoms with E-state index in [9.17, 15) is 9.59 Å². The third-order valence-electron chi connectivity index (χ3n) is 3.23. The smallest absolute Gasteiger partial charge is 0.265 e. The summed E-state index contributed by atoms with van der Waals surface area (Å²) >= 11 is 3.29. The van der Waals surface area contributed by atoms with E-state index >= 15 is 0 Å². The predicted molar refractivity (Wildman–Crippen MR) is 83.3 cm³/mol. The first kappa shape index (κ1) is 16.7. The molecule has 1 saturated heterocycles. The van der Waals surface area contributed by atoms with Crippen LogP contribution in [0.5, 0.6) is 5.75 Å². The highest BCUT2D eigenvalue weighted by molar-refractivity contribution is 9.10. The van der Waals surface area contributed by atoms with Crippen LogP contribution in [0.15, 0.2) is 22.7 Å². The fraction of sp³-hybridized carbons (Fsp3) is 0.429. The maximum atomic E-state index is 11.7. The standard InChI is InChI=1S/C14H18BrN3O4/c15-11-6-9(14(20)18-16)3-4-12(11)22-8-13(19)17-7-10-2-1-5-21-10/h3-4,6,10H,1-2,5,7-8,16H2,(H,17,19)(H,18,20). The second-order valence-electron chi connectivity index (χ2n) is 4.85. The van der Waals surface area contributed by atoms with Gasteiger partial charge in [0.1, 0.15) is 5.75 Å². The zero-order chi connectivity index (χ0) is 15.9. The highest BCUT2D eigenvalue weighted by atomic mass is 79.9. The molecule has 0 saturated carbocycles. The van der Waals surface area contributed by atoms with Gasteiger partial charge in [-0.1, -0.05) is 0 Å². The summed E-state index contributed by atoms with van der Waals surface area (Å²) in [5.41, 5.74) is 2.44. The van der Waals surface area contributed by atoms with Crippen molar-refractivity contribution < 1.29 is 19.1 Å². The fourth-order valence-electron chi connectivity index (χ4n) is 2.07. The summed E-state index contributed by atoms with van der Waals surface area (Å²) in [5.74, 6) is 4.92. The second-order valence-corrected chi connectivity index (χ2v) is 5.70. The number of nitrogens with one attached hydrogen (secondary N) is 2. The van der Waals surface area contributed by atoms with Crippen molar-refractivity contribution in [2.45, 2.75) is 18.9 Å². The van der Waals surface area contributed by atoms with Gasteiger partial charge in [0, 0.05) is 18.7 Å². The van der Waals surface area contributed by atoms with Crippen LogP contribution in [-0.4, -0.2) is 37.7 Å². The van der Waals surface area contributed by atoms with Gasteiger partial charge >= 0.3 is 0 Å². The topological polar surface area (TPSA) is 103 Å². The van der Waals surface area contributed by atoms with Crippen LogP contribution in [0.2, 0.25) is 0 Å². The van der Waals surface area contributed by atoms with Crippen LogP contribution in [0.1, 0.15) is 23.2 Å². The predicted octanol–water partition coefficient (Wildman–Crippen LogP) is 0.727. The second kappa shape index (κ2) is 8.11. The number of carbonyl (C=O) groups is 2. The summed E-state index contributed by atoms with van der Waals surface area (Å²) in [6.07, 6.45) is 2.11. The highest BCUT2D eigenvalue weighted by Crippen LogP contribution is 2.25. The summed E-state index contributed by atoms with van der Waals surface area (Å²) in [6.45, 7) is 1.15. The molecule has 2 rings (SSSR count). The number of hydrogen-bond donors (Lipinski definition) is 3. The van der Waals surface area contributed by atoms with Crippen molar-refractivity contribution in [2.75, 3.05) is 19.8 Å². The molecule has 1 aliphatic heterocycles.